The molecular formula is C22H25ClN2O2. The second kappa shape index (κ2) is 8.68. The highest BCUT2D eigenvalue weighted by Crippen LogP contribution is 2.30. The molecule has 1 aliphatic rings. The number of para-hydroxylation sites is 1. The number of β-amino-alcohol motifs (C(OH)–C–C–N with tert-alkyl or cyclic N) is 1. The number of benzene rings is 2. The molecule has 1 unspecified atom stereocenters. The zero-order valence-electron chi connectivity index (χ0n) is 15.6. The van der Waals surface area contributed by atoms with Crippen LogP contribution >= 0.6 is 11.6 Å². The number of amidine groups is 1. The number of hydrogen-bond acceptors (Lipinski definition) is 4. The molecule has 0 saturated carbocycles. The minimum atomic E-state index is -1.71. The molecule has 2 aromatic rings. The molecule has 0 fully saturated rings. The predicted molar refractivity (Wildman–Crippen MR) is 110 cm³/mol. The van der Waals surface area contributed by atoms with Gasteiger partial charge in [0, 0.05) is 22.7 Å². The maximum Gasteiger partial charge on any atom is 0.236 e. The summed E-state index contributed by atoms with van der Waals surface area (Å²) >= 11 is 6.00. The lowest BCUT2D eigenvalue weighted by molar-refractivity contribution is -0.135. The Bertz CT molecular complexity index is 805. The normalized spacial score (nSPS) is 19.2. The first-order valence-corrected chi connectivity index (χ1v) is 9.85. The predicted octanol–water partition coefficient (Wildman–Crippen LogP) is 4.83. The van der Waals surface area contributed by atoms with Crippen molar-refractivity contribution in [2.24, 2.45) is 4.99 Å². The molecule has 1 aliphatic heterocycles. The van der Waals surface area contributed by atoms with Crippen LogP contribution in [-0.4, -0.2) is 29.0 Å². The van der Waals surface area contributed by atoms with E-state index in [1.54, 1.807) is 12.1 Å². The molecule has 0 amide bonds. The van der Waals surface area contributed by atoms with E-state index in [0.717, 1.165) is 36.9 Å². The number of anilines is 1. The molecule has 142 valence electrons. The van der Waals surface area contributed by atoms with Gasteiger partial charge in [-0.15, -0.1) is 0 Å². The zero-order chi connectivity index (χ0) is 19.3. The van der Waals surface area contributed by atoms with Crippen molar-refractivity contribution in [3.8, 4) is 0 Å². The molecule has 1 N–H and O–H groups in total. The van der Waals surface area contributed by atoms with E-state index in [2.05, 4.69) is 11.9 Å². The Morgan fingerprint density at radius 1 is 1.11 bits per heavy atom. The molecule has 0 aliphatic carbocycles. The molecule has 1 heterocycles. The van der Waals surface area contributed by atoms with E-state index >= 15 is 0 Å². The van der Waals surface area contributed by atoms with Crippen LogP contribution < -0.4 is 4.90 Å². The molecule has 0 spiro atoms. The van der Waals surface area contributed by atoms with Crippen molar-refractivity contribution >= 4 is 28.9 Å². The highest BCUT2D eigenvalue weighted by molar-refractivity contribution is 6.30. The van der Waals surface area contributed by atoms with Crippen LogP contribution in [0.5, 0.6) is 0 Å². The largest absolute Gasteiger partial charge is 0.362 e. The second-order valence-corrected chi connectivity index (χ2v) is 7.35. The Hall–Kier alpha value is -2.17. The second-order valence-electron chi connectivity index (χ2n) is 6.91. The average molecular weight is 385 g/mol. The van der Waals surface area contributed by atoms with Crippen molar-refractivity contribution < 1.29 is 9.90 Å². The first-order chi connectivity index (χ1) is 13.0. The number of Topliss-reactive ketones (excluding diaryl/α,β-unsaturated/α-hetero) is 1. The highest BCUT2D eigenvalue weighted by atomic mass is 35.5. The lowest BCUT2D eigenvalue weighted by Gasteiger charge is -2.23. The highest BCUT2D eigenvalue weighted by Gasteiger charge is 2.44. The Labute approximate surface area is 165 Å². The van der Waals surface area contributed by atoms with Crippen molar-refractivity contribution in [3.63, 3.8) is 0 Å². The van der Waals surface area contributed by atoms with Crippen LogP contribution in [0.15, 0.2) is 59.6 Å². The molecule has 0 aromatic heterocycles. The van der Waals surface area contributed by atoms with Crippen LogP contribution in [0.2, 0.25) is 5.02 Å². The third-order valence-electron chi connectivity index (χ3n) is 4.80. The monoisotopic (exact) mass is 384 g/mol. The van der Waals surface area contributed by atoms with Gasteiger partial charge in [-0.25, -0.2) is 4.99 Å². The van der Waals surface area contributed by atoms with Gasteiger partial charge >= 0.3 is 0 Å². The first-order valence-electron chi connectivity index (χ1n) is 9.47. The number of carbonyl (C=O) groups is 1. The molecule has 5 heteroatoms. The number of ketones is 1. The van der Waals surface area contributed by atoms with Crippen molar-refractivity contribution in [1.82, 2.24) is 0 Å². The third kappa shape index (κ3) is 4.57. The zero-order valence-corrected chi connectivity index (χ0v) is 16.3. The number of aliphatic imine (C=N–C) groups is 1. The number of halogens is 1. The summed E-state index contributed by atoms with van der Waals surface area (Å²) in [6.45, 7) is 2.26. The molecule has 4 nitrogen and oxygen atoms in total. The van der Waals surface area contributed by atoms with Crippen LogP contribution in [0.1, 0.15) is 44.6 Å². The SMILES string of the molecule is CCCCCCC(=O)C1(O)CN(c2ccccc2)C(c2ccc(Cl)cc2)=N1. The van der Waals surface area contributed by atoms with E-state index in [0.29, 0.717) is 17.3 Å². The number of rotatable bonds is 8. The van der Waals surface area contributed by atoms with Gasteiger partial charge in [-0.05, 0) is 42.8 Å². The van der Waals surface area contributed by atoms with Crippen molar-refractivity contribution in [1.29, 1.82) is 0 Å². The smallest absolute Gasteiger partial charge is 0.236 e. The number of unbranched alkanes of at least 4 members (excludes halogenated alkanes) is 3. The Kier molecular flexibility index (Phi) is 6.30. The van der Waals surface area contributed by atoms with E-state index in [1.807, 2.05) is 47.4 Å². The quantitative estimate of drug-likeness (QED) is 0.663. The molecular weight excluding hydrogens is 360 g/mol. The summed E-state index contributed by atoms with van der Waals surface area (Å²) in [5.74, 6) is 0.366. The lowest BCUT2D eigenvalue weighted by Crippen LogP contribution is -2.42. The molecule has 27 heavy (non-hydrogen) atoms. The topological polar surface area (TPSA) is 52.9 Å². The minimum absolute atomic E-state index is 0.127. The van der Waals surface area contributed by atoms with Crippen LogP contribution in [0.4, 0.5) is 5.69 Å². The third-order valence-corrected chi connectivity index (χ3v) is 5.05. The lowest BCUT2D eigenvalue weighted by atomic mass is 10.0. The molecule has 0 radical (unpaired) electrons. The minimum Gasteiger partial charge on any atom is -0.362 e. The van der Waals surface area contributed by atoms with Gasteiger partial charge in [0.15, 0.2) is 5.78 Å². The summed E-state index contributed by atoms with van der Waals surface area (Å²) in [6.07, 6.45) is 4.33. The van der Waals surface area contributed by atoms with Crippen LogP contribution in [-0.2, 0) is 4.79 Å². The van der Waals surface area contributed by atoms with Crippen LogP contribution in [0, 0.1) is 0 Å². The van der Waals surface area contributed by atoms with Gasteiger partial charge in [0.25, 0.3) is 0 Å². The van der Waals surface area contributed by atoms with Crippen molar-refractivity contribution in [3.05, 3.63) is 65.2 Å². The molecule has 3 rings (SSSR count). The van der Waals surface area contributed by atoms with Crippen molar-refractivity contribution in [2.75, 3.05) is 11.4 Å². The van der Waals surface area contributed by atoms with Gasteiger partial charge in [0.05, 0.1) is 6.54 Å². The van der Waals surface area contributed by atoms with Gasteiger partial charge in [0.2, 0.25) is 5.72 Å². The number of nitrogens with zero attached hydrogens (tertiary/aromatic N) is 2. The fourth-order valence-corrected chi connectivity index (χ4v) is 3.40. The Morgan fingerprint density at radius 2 is 1.81 bits per heavy atom. The fraction of sp³-hybridized carbons (Fsp3) is 0.364. The van der Waals surface area contributed by atoms with E-state index < -0.39 is 5.72 Å². The summed E-state index contributed by atoms with van der Waals surface area (Å²) in [5.41, 5.74) is -0.00400. The standard InChI is InChI=1S/C22H25ClN2O2/c1-2-3-4-8-11-20(26)22(27)16-25(19-9-6-5-7-10-19)21(24-22)17-12-14-18(23)15-13-17/h5-7,9-10,12-15,27H,2-4,8,11,16H2,1H3. The Balaban J connectivity index is 1.88. The summed E-state index contributed by atoms with van der Waals surface area (Å²) in [5, 5.41) is 11.7. The molecule has 1 atom stereocenters. The molecule has 0 saturated heterocycles. The van der Waals surface area contributed by atoms with E-state index in [-0.39, 0.29) is 12.3 Å². The maximum absolute atomic E-state index is 12.7. The molecule has 2 aromatic carbocycles. The number of hydrogen-bond donors (Lipinski definition) is 1. The van der Waals surface area contributed by atoms with Gasteiger partial charge in [-0.1, -0.05) is 56.0 Å². The summed E-state index contributed by atoms with van der Waals surface area (Å²) < 4.78 is 0. The number of carbonyl (C=O) groups excluding carboxylic acids is 1. The van der Waals surface area contributed by atoms with E-state index in [4.69, 9.17) is 11.6 Å². The maximum atomic E-state index is 12.7. The van der Waals surface area contributed by atoms with Gasteiger partial charge in [0.1, 0.15) is 5.84 Å². The summed E-state index contributed by atoms with van der Waals surface area (Å²) in [6, 6.07) is 17.0. The summed E-state index contributed by atoms with van der Waals surface area (Å²) in [7, 11) is 0. The van der Waals surface area contributed by atoms with Crippen molar-refractivity contribution in [2.45, 2.75) is 44.8 Å². The van der Waals surface area contributed by atoms with Gasteiger partial charge in [-0.2, -0.15) is 0 Å². The van der Waals surface area contributed by atoms with Crippen LogP contribution in [0.3, 0.4) is 0 Å². The molecule has 0 bridgehead atoms. The first kappa shape index (κ1) is 19.6. The van der Waals surface area contributed by atoms with Crippen LogP contribution in [0.25, 0.3) is 0 Å². The van der Waals surface area contributed by atoms with Gasteiger partial charge < -0.3 is 10.0 Å². The fourth-order valence-electron chi connectivity index (χ4n) is 3.27. The van der Waals surface area contributed by atoms with E-state index in [1.165, 1.54) is 0 Å². The van der Waals surface area contributed by atoms with Gasteiger partial charge in [-0.3, -0.25) is 4.79 Å². The van der Waals surface area contributed by atoms with E-state index in [9.17, 15) is 9.90 Å². The summed E-state index contributed by atoms with van der Waals surface area (Å²) in [4.78, 5) is 19.1. The number of aliphatic hydroxyl groups is 1. The Morgan fingerprint density at radius 3 is 2.48 bits per heavy atom. The average Bonchev–Trinajstić information content (AvgIpc) is 3.05.